The summed E-state index contributed by atoms with van der Waals surface area (Å²) in [5, 5.41) is 3.89. The highest BCUT2D eigenvalue weighted by atomic mass is 35.5. The highest BCUT2D eigenvalue weighted by Gasteiger charge is 2.07. The van der Waals surface area contributed by atoms with Gasteiger partial charge in [0, 0.05) is 22.7 Å². The first-order valence-corrected chi connectivity index (χ1v) is 6.94. The average Bonchev–Trinajstić information content (AvgIpc) is 2.45. The summed E-state index contributed by atoms with van der Waals surface area (Å²) in [4.78, 5) is 0. The molecule has 0 amide bonds. The summed E-state index contributed by atoms with van der Waals surface area (Å²) in [6.07, 6.45) is 0. The lowest BCUT2D eigenvalue weighted by molar-refractivity contribution is 0.296. The second-order valence-corrected chi connectivity index (χ2v) is 4.85. The van der Waals surface area contributed by atoms with E-state index in [-0.39, 0.29) is 24.8 Å². The summed E-state index contributed by atoms with van der Waals surface area (Å²) < 4.78 is 19.3. The zero-order valence-electron chi connectivity index (χ0n) is 11.7. The maximum atomic E-state index is 13.5. The molecule has 114 valence electrons. The van der Waals surface area contributed by atoms with Crippen LogP contribution in [0.4, 0.5) is 4.39 Å². The van der Waals surface area contributed by atoms with Crippen molar-refractivity contribution in [2.75, 3.05) is 6.54 Å². The number of hydrogen-bond acceptors (Lipinski definition) is 2. The van der Waals surface area contributed by atoms with Crippen molar-refractivity contribution in [1.29, 1.82) is 0 Å². The molecule has 0 aliphatic heterocycles. The van der Waals surface area contributed by atoms with Gasteiger partial charge in [-0.25, -0.2) is 4.39 Å². The smallest absolute Gasteiger partial charge is 0.129 e. The van der Waals surface area contributed by atoms with Crippen LogP contribution in [0.15, 0.2) is 42.5 Å². The van der Waals surface area contributed by atoms with Gasteiger partial charge < -0.3 is 10.1 Å². The Bertz CT molecular complexity index is 578. The van der Waals surface area contributed by atoms with E-state index in [1.807, 2.05) is 19.1 Å². The fraction of sp³-hybridized carbons (Fsp3) is 0.250. The van der Waals surface area contributed by atoms with Crippen LogP contribution in [0, 0.1) is 5.82 Å². The van der Waals surface area contributed by atoms with Crippen LogP contribution < -0.4 is 10.1 Å². The van der Waals surface area contributed by atoms with Gasteiger partial charge in [-0.15, -0.1) is 12.4 Å². The molecule has 0 aromatic heterocycles. The highest BCUT2D eigenvalue weighted by molar-refractivity contribution is 6.30. The molecule has 0 radical (unpaired) electrons. The molecule has 2 rings (SSSR count). The lowest BCUT2D eigenvalue weighted by Crippen LogP contribution is -2.13. The van der Waals surface area contributed by atoms with E-state index in [0.29, 0.717) is 17.1 Å². The van der Waals surface area contributed by atoms with Crippen LogP contribution in [0.1, 0.15) is 18.1 Å². The molecule has 5 heteroatoms. The first-order chi connectivity index (χ1) is 9.70. The Hall–Kier alpha value is -1.29. The molecule has 0 bridgehead atoms. The standard InChI is InChI=1S/C16H17ClFNO.ClH/c1-2-19-10-13-9-14(17)7-8-16(13)20-11-12-5-3-4-6-15(12)18;/h3-9,19H,2,10-11H2,1H3;1H. The Labute approximate surface area is 135 Å². The van der Waals surface area contributed by atoms with Gasteiger partial charge in [-0.2, -0.15) is 0 Å². The maximum absolute atomic E-state index is 13.5. The zero-order valence-corrected chi connectivity index (χ0v) is 13.3. The quantitative estimate of drug-likeness (QED) is 0.836. The molecular weight excluding hydrogens is 312 g/mol. The van der Waals surface area contributed by atoms with E-state index in [1.165, 1.54) is 6.07 Å². The van der Waals surface area contributed by atoms with Crippen LogP contribution in [0.25, 0.3) is 0 Å². The number of rotatable bonds is 6. The molecule has 0 atom stereocenters. The molecule has 21 heavy (non-hydrogen) atoms. The number of benzene rings is 2. The summed E-state index contributed by atoms with van der Waals surface area (Å²) in [5.74, 6) is 0.466. The maximum Gasteiger partial charge on any atom is 0.129 e. The van der Waals surface area contributed by atoms with Crippen molar-refractivity contribution in [3.63, 3.8) is 0 Å². The number of ether oxygens (including phenoxy) is 1. The molecule has 0 aliphatic carbocycles. The highest BCUT2D eigenvalue weighted by Crippen LogP contribution is 2.24. The molecule has 0 heterocycles. The monoisotopic (exact) mass is 329 g/mol. The van der Waals surface area contributed by atoms with Crippen LogP contribution in [-0.4, -0.2) is 6.54 Å². The number of nitrogens with one attached hydrogen (secondary N) is 1. The molecule has 0 spiro atoms. The second-order valence-electron chi connectivity index (χ2n) is 4.41. The molecule has 0 saturated carbocycles. The summed E-state index contributed by atoms with van der Waals surface area (Å²) in [7, 11) is 0. The van der Waals surface area contributed by atoms with Crippen LogP contribution >= 0.6 is 24.0 Å². The van der Waals surface area contributed by atoms with Crippen LogP contribution in [0.3, 0.4) is 0 Å². The van der Waals surface area contributed by atoms with Crippen molar-refractivity contribution in [1.82, 2.24) is 5.32 Å². The van der Waals surface area contributed by atoms with Gasteiger partial charge >= 0.3 is 0 Å². The van der Waals surface area contributed by atoms with Crippen LogP contribution in [-0.2, 0) is 13.2 Å². The van der Waals surface area contributed by atoms with Gasteiger partial charge in [0.05, 0.1) is 0 Å². The summed E-state index contributed by atoms with van der Waals surface area (Å²) in [5.41, 5.74) is 1.51. The summed E-state index contributed by atoms with van der Waals surface area (Å²) in [6.45, 7) is 3.76. The first-order valence-electron chi connectivity index (χ1n) is 6.56. The van der Waals surface area contributed by atoms with Gasteiger partial charge in [-0.1, -0.05) is 36.7 Å². The fourth-order valence-corrected chi connectivity index (χ4v) is 2.05. The van der Waals surface area contributed by atoms with Crippen molar-refractivity contribution < 1.29 is 9.13 Å². The van der Waals surface area contributed by atoms with E-state index >= 15 is 0 Å². The van der Waals surface area contributed by atoms with Gasteiger partial charge in [0.1, 0.15) is 18.2 Å². The van der Waals surface area contributed by atoms with Crippen molar-refractivity contribution in [3.05, 3.63) is 64.4 Å². The Morgan fingerprint density at radius 2 is 1.90 bits per heavy atom. The third kappa shape index (κ3) is 5.20. The topological polar surface area (TPSA) is 21.3 Å². The SMILES string of the molecule is CCNCc1cc(Cl)ccc1OCc1ccccc1F.Cl. The third-order valence-corrected chi connectivity index (χ3v) is 3.16. The normalized spacial score (nSPS) is 10.0. The molecule has 0 fully saturated rings. The molecule has 0 unspecified atom stereocenters. The van der Waals surface area contributed by atoms with Crippen LogP contribution in [0.5, 0.6) is 5.75 Å². The van der Waals surface area contributed by atoms with Crippen molar-refractivity contribution in [2.45, 2.75) is 20.1 Å². The van der Waals surface area contributed by atoms with Crippen LogP contribution in [0.2, 0.25) is 5.02 Å². The van der Waals surface area contributed by atoms with E-state index < -0.39 is 0 Å². The van der Waals surface area contributed by atoms with Gasteiger partial charge in [-0.3, -0.25) is 0 Å². The molecule has 0 aliphatic rings. The van der Waals surface area contributed by atoms with E-state index in [9.17, 15) is 4.39 Å². The average molecular weight is 330 g/mol. The fourth-order valence-electron chi connectivity index (χ4n) is 1.86. The van der Waals surface area contributed by atoms with Gasteiger partial charge in [0.25, 0.3) is 0 Å². The second kappa shape index (κ2) is 8.88. The largest absolute Gasteiger partial charge is 0.488 e. The third-order valence-electron chi connectivity index (χ3n) is 2.93. The van der Waals surface area contributed by atoms with Gasteiger partial charge in [-0.05, 0) is 30.8 Å². The molecule has 2 aromatic carbocycles. The van der Waals surface area contributed by atoms with E-state index in [1.54, 1.807) is 24.3 Å². The van der Waals surface area contributed by atoms with Crippen molar-refractivity contribution >= 4 is 24.0 Å². The van der Waals surface area contributed by atoms with Crippen molar-refractivity contribution in [3.8, 4) is 5.75 Å². The Balaban J connectivity index is 0.00000220. The lowest BCUT2D eigenvalue weighted by Gasteiger charge is -2.12. The van der Waals surface area contributed by atoms with Gasteiger partial charge in [0.15, 0.2) is 0 Å². The Morgan fingerprint density at radius 1 is 1.14 bits per heavy atom. The van der Waals surface area contributed by atoms with E-state index in [2.05, 4.69) is 5.32 Å². The molecular formula is C16H18Cl2FNO. The molecule has 1 N–H and O–H groups in total. The summed E-state index contributed by atoms with van der Waals surface area (Å²) >= 11 is 5.99. The first kappa shape index (κ1) is 17.8. The number of hydrogen-bond donors (Lipinski definition) is 1. The van der Waals surface area contributed by atoms with Crippen molar-refractivity contribution in [2.24, 2.45) is 0 Å². The predicted octanol–water partition coefficient (Wildman–Crippen LogP) is 4.59. The number of halogens is 3. The van der Waals surface area contributed by atoms with E-state index in [0.717, 1.165) is 17.9 Å². The Kier molecular flexibility index (Phi) is 7.51. The molecule has 2 nitrogen and oxygen atoms in total. The van der Waals surface area contributed by atoms with Gasteiger partial charge in [0.2, 0.25) is 0 Å². The lowest BCUT2D eigenvalue weighted by atomic mass is 10.2. The minimum absolute atomic E-state index is 0. The Morgan fingerprint density at radius 3 is 2.62 bits per heavy atom. The zero-order chi connectivity index (χ0) is 14.4. The minimum atomic E-state index is -0.255. The van der Waals surface area contributed by atoms with E-state index in [4.69, 9.17) is 16.3 Å². The summed E-state index contributed by atoms with van der Waals surface area (Å²) in [6, 6.07) is 12.1. The molecule has 2 aromatic rings. The predicted molar refractivity (Wildman–Crippen MR) is 86.8 cm³/mol. The minimum Gasteiger partial charge on any atom is -0.488 e. The molecule has 0 saturated heterocycles.